The maximum Gasteiger partial charge on any atom is 0.232 e. The van der Waals surface area contributed by atoms with Crippen molar-refractivity contribution < 1.29 is 22.7 Å². The van der Waals surface area contributed by atoms with Gasteiger partial charge in [-0.2, -0.15) is 0 Å². The molecule has 2 aromatic rings. The molecule has 0 bridgehead atoms. The number of amides is 1. The molecule has 3 rings (SSSR count). The fraction of sp³-hybridized carbons (Fsp3) is 0.350. The third-order valence-corrected chi connectivity index (χ3v) is 5.65. The SMILES string of the molecule is CCc1ccc(N(CCCC(=O)Nc2ccc3c(c2)OCO3)S(C)(=O)=O)cc1. The van der Waals surface area contributed by atoms with E-state index >= 15 is 0 Å². The zero-order valence-corrected chi connectivity index (χ0v) is 16.8. The van der Waals surface area contributed by atoms with E-state index in [4.69, 9.17) is 9.47 Å². The first kappa shape index (κ1) is 20.0. The second kappa shape index (κ2) is 8.52. The van der Waals surface area contributed by atoms with Crippen LogP contribution in [0.15, 0.2) is 42.5 Å². The van der Waals surface area contributed by atoms with Crippen molar-refractivity contribution >= 4 is 27.3 Å². The second-order valence-electron chi connectivity index (χ2n) is 6.57. The maximum absolute atomic E-state index is 12.2. The van der Waals surface area contributed by atoms with Crippen LogP contribution in [0.1, 0.15) is 25.3 Å². The topological polar surface area (TPSA) is 84.9 Å². The van der Waals surface area contributed by atoms with E-state index in [1.165, 1.54) is 10.6 Å². The standard InChI is InChI=1S/C20H24N2O5S/c1-3-15-6-9-17(10-7-15)22(28(2,24)25)12-4-5-20(23)21-16-8-11-18-19(13-16)27-14-26-18/h6-11,13H,3-5,12,14H2,1-2H3,(H,21,23). The minimum absolute atomic E-state index is 0.174. The van der Waals surface area contributed by atoms with Gasteiger partial charge in [-0.05, 0) is 42.7 Å². The number of hydrogen-bond donors (Lipinski definition) is 1. The van der Waals surface area contributed by atoms with Crippen LogP contribution in [0.5, 0.6) is 11.5 Å². The minimum Gasteiger partial charge on any atom is -0.454 e. The number of nitrogens with zero attached hydrogens (tertiary/aromatic N) is 1. The van der Waals surface area contributed by atoms with E-state index in [0.29, 0.717) is 29.3 Å². The Balaban J connectivity index is 1.57. The number of carbonyl (C=O) groups is 1. The number of fused-ring (bicyclic) bond motifs is 1. The lowest BCUT2D eigenvalue weighted by Crippen LogP contribution is -2.31. The molecule has 1 aliphatic heterocycles. The number of hydrogen-bond acceptors (Lipinski definition) is 5. The molecule has 0 unspecified atom stereocenters. The number of rotatable bonds is 8. The van der Waals surface area contributed by atoms with Crippen LogP contribution in [0.3, 0.4) is 0 Å². The molecule has 7 nitrogen and oxygen atoms in total. The van der Waals surface area contributed by atoms with Gasteiger partial charge in [-0.3, -0.25) is 9.10 Å². The second-order valence-corrected chi connectivity index (χ2v) is 8.48. The van der Waals surface area contributed by atoms with E-state index in [-0.39, 0.29) is 25.7 Å². The molecule has 0 saturated carbocycles. The maximum atomic E-state index is 12.2. The first-order chi connectivity index (χ1) is 13.4. The van der Waals surface area contributed by atoms with Crippen molar-refractivity contribution in [1.29, 1.82) is 0 Å². The number of nitrogens with one attached hydrogen (secondary N) is 1. The highest BCUT2D eigenvalue weighted by Gasteiger charge is 2.18. The molecule has 0 saturated heterocycles. The molecule has 1 amide bonds. The van der Waals surface area contributed by atoms with Crippen LogP contribution in [-0.2, 0) is 21.2 Å². The Kier molecular flexibility index (Phi) is 6.08. The smallest absolute Gasteiger partial charge is 0.232 e. The summed E-state index contributed by atoms with van der Waals surface area (Å²) >= 11 is 0. The number of anilines is 2. The van der Waals surface area contributed by atoms with Crippen LogP contribution in [0.25, 0.3) is 0 Å². The van der Waals surface area contributed by atoms with Crippen molar-refractivity contribution in [3.63, 3.8) is 0 Å². The van der Waals surface area contributed by atoms with Crippen LogP contribution in [0, 0.1) is 0 Å². The van der Waals surface area contributed by atoms with Crippen LogP contribution >= 0.6 is 0 Å². The Morgan fingerprint density at radius 1 is 1.11 bits per heavy atom. The van der Waals surface area contributed by atoms with E-state index in [1.807, 2.05) is 19.1 Å². The highest BCUT2D eigenvalue weighted by molar-refractivity contribution is 7.92. The van der Waals surface area contributed by atoms with Crippen LogP contribution in [0.4, 0.5) is 11.4 Å². The summed E-state index contributed by atoms with van der Waals surface area (Å²) in [5.74, 6) is 1.06. The summed E-state index contributed by atoms with van der Waals surface area (Å²) in [6.07, 6.45) is 2.67. The third kappa shape index (κ3) is 4.95. The van der Waals surface area contributed by atoms with E-state index in [0.717, 1.165) is 12.0 Å². The van der Waals surface area contributed by atoms with Crippen molar-refractivity contribution in [1.82, 2.24) is 0 Å². The van der Waals surface area contributed by atoms with Crippen molar-refractivity contribution in [3.05, 3.63) is 48.0 Å². The Bertz CT molecular complexity index is 942. The summed E-state index contributed by atoms with van der Waals surface area (Å²) in [5, 5.41) is 2.80. The average Bonchev–Trinajstić information content (AvgIpc) is 3.12. The lowest BCUT2D eigenvalue weighted by atomic mass is 10.1. The molecule has 0 aliphatic carbocycles. The van der Waals surface area contributed by atoms with Gasteiger partial charge < -0.3 is 14.8 Å². The summed E-state index contributed by atoms with van der Waals surface area (Å²) < 4.78 is 36.2. The van der Waals surface area contributed by atoms with Gasteiger partial charge in [0, 0.05) is 24.7 Å². The van der Waals surface area contributed by atoms with E-state index in [2.05, 4.69) is 5.32 Å². The molecule has 150 valence electrons. The fourth-order valence-corrected chi connectivity index (χ4v) is 3.93. The number of sulfonamides is 1. The lowest BCUT2D eigenvalue weighted by molar-refractivity contribution is -0.116. The van der Waals surface area contributed by atoms with Gasteiger partial charge in [-0.25, -0.2) is 8.42 Å². The number of benzene rings is 2. The zero-order chi connectivity index (χ0) is 20.1. The molecule has 8 heteroatoms. The van der Waals surface area contributed by atoms with Gasteiger partial charge in [0.15, 0.2) is 11.5 Å². The van der Waals surface area contributed by atoms with Crippen molar-refractivity contribution in [2.24, 2.45) is 0 Å². The van der Waals surface area contributed by atoms with Crippen molar-refractivity contribution in [2.75, 3.05) is 29.2 Å². The lowest BCUT2D eigenvalue weighted by Gasteiger charge is -2.22. The van der Waals surface area contributed by atoms with Crippen LogP contribution in [-0.4, -0.2) is 33.9 Å². The predicted octanol–water partition coefficient (Wildman–Crippen LogP) is 3.16. The normalized spacial score (nSPS) is 12.6. The summed E-state index contributed by atoms with van der Waals surface area (Å²) in [7, 11) is -3.43. The van der Waals surface area contributed by atoms with Gasteiger partial charge >= 0.3 is 0 Å². The molecule has 28 heavy (non-hydrogen) atoms. The Labute approximate surface area is 165 Å². The average molecular weight is 404 g/mol. The molecular formula is C20H24N2O5S. The molecule has 1 aliphatic rings. The summed E-state index contributed by atoms with van der Waals surface area (Å²) in [5.41, 5.74) is 2.36. The van der Waals surface area contributed by atoms with Gasteiger partial charge in [0.05, 0.1) is 11.9 Å². The third-order valence-electron chi connectivity index (χ3n) is 4.45. The van der Waals surface area contributed by atoms with Gasteiger partial charge in [-0.1, -0.05) is 19.1 Å². The van der Waals surface area contributed by atoms with Crippen LogP contribution < -0.4 is 19.1 Å². The number of carbonyl (C=O) groups excluding carboxylic acids is 1. The predicted molar refractivity (Wildman–Crippen MR) is 108 cm³/mol. The highest BCUT2D eigenvalue weighted by Crippen LogP contribution is 2.34. The van der Waals surface area contributed by atoms with Gasteiger partial charge in [0.2, 0.25) is 22.7 Å². The monoisotopic (exact) mass is 404 g/mol. The molecule has 1 heterocycles. The van der Waals surface area contributed by atoms with E-state index in [1.54, 1.807) is 30.3 Å². The van der Waals surface area contributed by atoms with E-state index < -0.39 is 10.0 Å². The molecule has 1 N–H and O–H groups in total. The van der Waals surface area contributed by atoms with Gasteiger partial charge in [-0.15, -0.1) is 0 Å². The van der Waals surface area contributed by atoms with Gasteiger partial charge in [0.1, 0.15) is 0 Å². The molecule has 2 aromatic carbocycles. The summed E-state index contributed by atoms with van der Waals surface area (Å²) in [6, 6.07) is 12.6. The fourth-order valence-electron chi connectivity index (χ4n) is 2.97. The first-order valence-corrected chi connectivity index (χ1v) is 11.0. The summed E-state index contributed by atoms with van der Waals surface area (Å²) in [6.45, 7) is 2.45. The summed E-state index contributed by atoms with van der Waals surface area (Å²) in [4.78, 5) is 12.2. The number of ether oxygens (including phenoxy) is 2. The highest BCUT2D eigenvalue weighted by atomic mass is 32.2. The Morgan fingerprint density at radius 2 is 1.82 bits per heavy atom. The molecule has 0 fully saturated rings. The number of aryl methyl sites for hydroxylation is 1. The van der Waals surface area contributed by atoms with Gasteiger partial charge in [0.25, 0.3) is 0 Å². The largest absolute Gasteiger partial charge is 0.454 e. The zero-order valence-electron chi connectivity index (χ0n) is 16.0. The Hall–Kier alpha value is -2.74. The van der Waals surface area contributed by atoms with Crippen molar-refractivity contribution in [3.8, 4) is 11.5 Å². The van der Waals surface area contributed by atoms with E-state index in [9.17, 15) is 13.2 Å². The quantitative estimate of drug-likeness (QED) is 0.731. The Morgan fingerprint density at radius 3 is 2.50 bits per heavy atom. The first-order valence-electron chi connectivity index (χ1n) is 9.13. The minimum atomic E-state index is -3.43. The van der Waals surface area contributed by atoms with Crippen molar-refractivity contribution in [2.45, 2.75) is 26.2 Å². The molecular weight excluding hydrogens is 380 g/mol. The molecule has 0 spiro atoms. The molecule has 0 aromatic heterocycles. The van der Waals surface area contributed by atoms with Crippen LogP contribution in [0.2, 0.25) is 0 Å². The molecule has 0 radical (unpaired) electrons. The molecule has 0 atom stereocenters.